The number of aliphatic hydroxyl groups is 1. The van der Waals surface area contributed by atoms with Gasteiger partial charge < -0.3 is 24.9 Å². The summed E-state index contributed by atoms with van der Waals surface area (Å²) in [5.41, 5.74) is 2.61. The predicted octanol–water partition coefficient (Wildman–Crippen LogP) is 4.28. The number of carbonyl (C=O) groups is 1. The Labute approximate surface area is 228 Å². The molecule has 4 aromatic heterocycles. The second kappa shape index (κ2) is 10.2. The van der Waals surface area contributed by atoms with Gasteiger partial charge in [0.25, 0.3) is 5.89 Å². The minimum Gasteiger partial charge on any atom is -0.449 e. The highest BCUT2D eigenvalue weighted by molar-refractivity contribution is 5.93. The van der Waals surface area contributed by atoms with Gasteiger partial charge in [-0.3, -0.25) is 4.98 Å². The number of rotatable bonds is 8. The van der Waals surface area contributed by atoms with Crippen LogP contribution in [0.1, 0.15) is 41.5 Å². The molecule has 0 saturated carbocycles. The third-order valence-electron chi connectivity index (χ3n) is 6.35. The first-order chi connectivity index (χ1) is 19.4. The van der Waals surface area contributed by atoms with Crippen molar-refractivity contribution < 1.29 is 19.1 Å². The standard InChI is InChI=1S/C28H24N8O4/c1-28(2)23-19(26(38)40-28)14-31-27(34-23)33-22-11-20(32-21(15-37)16-7-4-3-5-8-16)18(13-30-22)25-36-35-24(39-25)17-9-6-10-29-12-17/h3-14,21,37H,15H2,1-2H3,(H2,30,31,32,33,34)/t21-/m1/s1. The van der Waals surface area contributed by atoms with Crippen molar-refractivity contribution in [3.8, 4) is 22.9 Å². The number of nitrogens with one attached hydrogen (secondary N) is 2. The number of nitrogens with zero attached hydrogens (tertiary/aromatic N) is 6. The third kappa shape index (κ3) is 4.83. The number of pyridine rings is 2. The van der Waals surface area contributed by atoms with Crippen molar-refractivity contribution in [1.82, 2.24) is 30.1 Å². The van der Waals surface area contributed by atoms with Gasteiger partial charge in [0.15, 0.2) is 0 Å². The molecular weight excluding hydrogens is 512 g/mol. The maximum Gasteiger partial charge on any atom is 0.342 e. The lowest BCUT2D eigenvalue weighted by atomic mass is 10.0. The first-order valence-corrected chi connectivity index (χ1v) is 12.5. The van der Waals surface area contributed by atoms with Crippen LogP contribution in [0.3, 0.4) is 0 Å². The van der Waals surface area contributed by atoms with E-state index in [2.05, 4.69) is 40.8 Å². The predicted molar refractivity (Wildman–Crippen MR) is 144 cm³/mol. The van der Waals surface area contributed by atoms with Crippen LogP contribution in [-0.2, 0) is 10.3 Å². The average molecular weight is 537 g/mol. The minimum atomic E-state index is -0.871. The van der Waals surface area contributed by atoms with Crippen molar-refractivity contribution in [3.05, 3.63) is 90.1 Å². The molecule has 1 atom stereocenters. The highest BCUT2D eigenvalue weighted by atomic mass is 16.6. The van der Waals surface area contributed by atoms with E-state index in [1.807, 2.05) is 36.4 Å². The molecule has 5 heterocycles. The maximum absolute atomic E-state index is 12.1. The molecule has 0 spiro atoms. The summed E-state index contributed by atoms with van der Waals surface area (Å²) in [6.07, 6.45) is 6.31. The van der Waals surface area contributed by atoms with Gasteiger partial charge in [0.1, 0.15) is 22.7 Å². The van der Waals surface area contributed by atoms with E-state index in [1.54, 1.807) is 44.6 Å². The molecule has 0 saturated heterocycles. The highest BCUT2D eigenvalue weighted by Crippen LogP contribution is 2.36. The molecule has 6 rings (SSSR count). The summed E-state index contributed by atoms with van der Waals surface area (Å²) in [5, 5.41) is 25.1. The molecule has 0 radical (unpaired) electrons. The fourth-order valence-electron chi connectivity index (χ4n) is 4.36. The van der Waals surface area contributed by atoms with E-state index in [0.717, 1.165) is 5.56 Å². The molecule has 200 valence electrons. The van der Waals surface area contributed by atoms with E-state index < -0.39 is 17.6 Å². The zero-order chi connectivity index (χ0) is 27.7. The Hall–Kier alpha value is -5.23. The molecule has 0 fully saturated rings. The fourth-order valence-corrected chi connectivity index (χ4v) is 4.36. The first kappa shape index (κ1) is 25.1. The molecule has 3 N–H and O–H groups in total. The van der Waals surface area contributed by atoms with Crippen LogP contribution >= 0.6 is 0 Å². The van der Waals surface area contributed by atoms with Crippen LogP contribution < -0.4 is 10.6 Å². The summed E-state index contributed by atoms with van der Waals surface area (Å²) in [4.78, 5) is 29.5. The molecule has 40 heavy (non-hydrogen) atoms. The van der Waals surface area contributed by atoms with Gasteiger partial charge in [-0.1, -0.05) is 30.3 Å². The van der Waals surface area contributed by atoms with Gasteiger partial charge in [-0.05, 0) is 31.5 Å². The van der Waals surface area contributed by atoms with Crippen molar-refractivity contribution >= 4 is 23.4 Å². The minimum absolute atomic E-state index is 0.170. The van der Waals surface area contributed by atoms with Crippen LogP contribution in [0.2, 0.25) is 0 Å². The second-order valence-corrected chi connectivity index (χ2v) is 9.54. The number of esters is 1. The highest BCUT2D eigenvalue weighted by Gasteiger charge is 2.40. The number of cyclic esters (lactones) is 1. The summed E-state index contributed by atoms with van der Waals surface area (Å²) >= 11 is 0. The Morgan fingerprint density at radius 1 is 0.975 bits per heavy atom. The smallest absolute Gasteiger partial charge is 0.342 e. The fraction of sp³-hybridized carbons (Fsp3) is 0.179. The van der Waals surface area contributed by atoms with Gasteiger partial charge in [0.2, 0.25) is 11.8 Å². The van der Waals surface area contributed by atoms with E-state index in [1.165, 1.54) is 6.20 Å². The number of hydrogen-bond donors (Lipinski definition) is 3. The number of ether oxygens (including phenoxy) is 1. The summed E-state index contributed by atoms with van der Waals surface area (Å²) < 4.78 is 11.4. The lowest BCUT2D eigenvalue weighted by molar-refractivity contribution is 0.00834. The molecule has 1 aromatic carbocycles. The lowest BCUT2D eigenvalue weighted by Crippen LogP contribution is -2.18. The number of benzene rings is 1. The van der Waals surface area contributed by atoms with Gasteiger partial charge in [-0.2, -0.15) is 0 Å². The van der Waals surface area contributed by atoms with Crippen LogP contribution in [0.25, 0.3) is 22.9 Å². The van der Waals surface area contributed by atoms with Crippen molar-refractivity contribution in [2.24, 2.45) is 0 Å². The first-order valence-electron chi connectivity index (χ1n) is 12.5. The average Bonchev–Trinajstić information content (AvgIpc) is 3.55. The van der Waals surface area contributed by atoms with Crippen LogP contribution in [0.15, 0.2) is 77.7 Å². The largest absolute Gasteiger partial charge is 0.449 e. The molecule has 1 aliphatic heterocycles. The number of anilines is 3. The molecule has 1 aliphatic rings. The molecule has 5 aromatic rings. The van der Waals surface area contributed by atoms with Gasteiger partial charge in [-0.15, -0.1) is 10.2 Å². The van der Waals surface area contributed by atoms with Crippen molar-refractivity contribution in [1.29, 1.82) is 0 Å². The van der Waals surface area contributed by atoms with Crippen LogP contribution in [-0.4, -0.2) is 47.8 Å². The Balaban J connectivity index is 1.36. The van der Waals surface area contributed by atoms with Gasteiger partial charge in [0, 0.05) is 30.9 Å². The molecule has 0 amide bonds. The number of fused-ring (bicyclic) bond motifs is 1. The monoisotopic (exact) mass is 536 g/mol. The maximum atomic E-state index is 12.1. The number of hydrogen-bond acceptors (Lipinski definition) is 12. The summed E-state index contributed by atoms with van der Waals surface area (Å²) in [7, 11) is 0. The zero-order valence-electron chi connectivity index (χ0n) is 21.6. The Kier molecular flexibility index (Phi) is 6.36. The Bertz CT molecular complexity index is 1670. The summed E-state index contributed by atoms with van der Waals surface area (Å²) in [5.74, 6) is 0.739. The molecule has 0 unspecified atom stereocenters. The van der Waals surface area contributed by atoms with Crippen molar-refractivity contribution in [3.63, 3.8) is 0 Å². The molecule has 0 bridgehead atoms. The van der Waals surface area contributed by atoms with Crippen LogP contribution in [0.4, 0.5) is 17.5 Å². The zero-order valence-corrected chi connectivity index (χ0v) is 21.6. The quantitative estimate of drug-likeness (QED) is 0.242. The topological polar surface area (TPSA) is 161 Å². The second-order valence-electron chi connectivity index (χ2n) is 9.54. The van der Waals surface area contributed by atoms with Crippen molar-refractivity contribution in [2.75, 3.05) is 17.2 Å². The Morgan fingerprint density at radius 2 is 1.77 bits per heavy atom. The third-order valence-corrected chi connectivity index (χ3v) is 6.35. The summed E-state index contributed by atoms with van der Waals surface area (Å²) in [6, 6.07) is 14.5. The van der Waals surface area contributed by atoms with E-state index in [0.29, 0.717) is 39.8 Å². The van der Waals surface area contributed by atoms with Gasteiger partial charge in [-0.25, -0.2) is 19.7 Å². The number of carbonyl (C=O) groups excluding carboxylic acids is 1. The summed E-state index contributed by atoms with van der Waals surface area (Å²) in [6.45, 7) is 3.37. The van der Waals surface area contributed by atoms with Crippen LogP contribution in [0, 0.1) is 0 Å². The van der Waals surface area contributed by atoms with E-state index in [-0.39, 0.29) is 18.4 Å². The lowest BCUT2D eigenvalue weighted by Gasteiger charge is -2.20. The van der Waals surface area contributed by atoms with Gasteiger partial charge in [0.05, 0.1) is 29.5 Å². The van der Waals surface area contributed by atoms with E-state index in [4.69, 9.17) is 9.15 Å². The normalized spacial score (nSPS) is 14.3. The molecule has 12 nitrogen and oxygen atoms in total. The molecule has 12 heteroatoms. The number of aromatic nitrogens is 6. The Morgan fingerprint density at radius 3 is 2.55 bits per heavy atom. The van der Waals surface area contributed by atoms with E-state index >= 15 is 0 Å². The molecule has 0 aliphatic carbocycles. The SMILES string of the molecule is CC1(C)OC(=O)c2cnc(Nc3cc(N[C@H](CO)c4ccccc4)c(-c4nnc(-c5cccnc5)o4)cn3)nc21. The van der Waals surface area contributed by atoms with Crippen LogP contribution in [0.5, 0.6) is 0 Å². The van der Waals surface area contributed by atoms with Gasteiger partial charge >= 0.3 is 5.97 Å². The number of aliphatic hydroxyl groups excluding tert-OH is 1. The van der Waals surface area contributed by atoms with Crippen molar-refractivity contribution in [2.45, 2.75) is 25.5 Å². The molecular formula is C28H24N8O4. The van der Waals surface area contributed by atoms with E-state index in [9.17, 15) is 9.90 Å².